The van der Waals surface area contributed by atoms with Gasteiger partial charge >= 0.3 is 250 Å². The van der Waals surface area contributed by atoms with Gasteiger partial charge in [0.25, 0.3) is 0 Å². The predicted octanol–water partition coefficient (Wildman–Crippen LogP) is -0.471. The minimum atomic E-state index is -1.14. The molecular weight excluding hydrogens is 788 g/mol. The monoisotopic (exact) mass is 817 g/mol. The number of fused-ring (bicyclic) bond motifs is 2. The van der Waals surface area contributed by atoms with Gasteiger partial charge in [0.15, 0.2) is 0 Å². The van der Waals surface area contributed by atoms with Crippen molar-refractivity contribution in [2.45, 2.75) is 26.1 Å². The van der Waals surface area contributed by atoms with Gasteiger partial charge in [0.2, 0.25) is 0 Å². The number of thiazole rings is 1. The summed E-state index contributed by atoms with van der Waals surface area (Å²) in [6.45, 7) is 0.268. The molecule has 3 heterocycles. The van der Waals surface area contributed by atoms with E-state index in [1.807, 2.05) is 82.3 Å². The summed E-state index contributed by atoms with van der Waals surface area (Å²) in [4.78, 5) is 38.9. The summed E-state index contributed by atoms with van der Waals surface area (Å²) in [7, 11) is 1.57. The van der Waals surface area contributed by atoms with Gasteiger partial charge in [0.1, 0.15) is 0 Å². The maximum absolute atomic E-state index is 13.6. The number of anilines is 1. The summed E-state index contributed by atoms with van der Waals surface area (Å²) in [5, 5.41) is 19.0. The van der Waals surface area contributed by atoms with E-state index in [0.717, 1.165) is 25.6 Å². The average Bonchev–Trinajstić information content (AvgIpc) is 3.66. The van der Waals surface area contributed by atoms with E-state index in [9.17, 15) is 24.6 Å². The van der Waals surface area contributed by atoms with Crippen molar-refractivity contribution in [1.29, 1.82) is 0 Å². The molecular formula is C33H28IN3O7SSe. The molecule has 0 atom stereocenters. The minimum absolute atomic E-state index is 0. The fraction of sp³-hybridized carbons (Fsp3) is 0.152. The van der Waals surface area contributed by atoms with Crippen molar-refractivity contribution < 1.29 is 57.8 Å². The van der Waals surface area contributed by atoms with Crippen molar-refractivity contribution in [2.75, 3.05) is 12.0 Å². The van der Waals surface area contributed by atoms with Gasteiger partial charge in [0, 0.05) is 0 Å². The maximum Gasteiger partial charge on any atom is -1.00 e. The molecule has 0 radical (unpaired) electrons. The second-order valence-electron chi connectivity index (χ2n) is 10.1. The number of rotatable bonds is 10. The molecule has 46 heavy (non-hydrogen) atoms. The Balaban J connectivity index is 0.00000417. The number of benzene rings is 3. The third-order valence-electron chi connectivity index (χ3n) is 7.16. The largest absolute Gasteiger partial charge is 1.00 e. The number of hydrogen-bond acceptors (Lipinski definition) is 7. The normalized spacial score (nSPS) is 13.9. The second kappa shape index (κ2) is 14.5. The van der Waals surface area contributed by atoms with Crippen LogP contribution in [0.2, 0.25) is 0 Å². The molecule has 0 saturated heterocycles. The number of carboxylic acids is 2. The predicted molar refractivity (Wildman–Crippen MR) is 171 cm³/mol. The van der Waals surface area contributed by atoms with E-state index < -0.39 is 24.0 Å². The summed E-state index contributed by atoms with van der Waals surface area (Å²) in [5.74, 6) is -0.182. The van der Waals surface area contributed by atoms with Crippen LogP contribution in [0.5, 0.6) is 11.5 Å². The molecule has 0 aliphatic carbocycles. The number of carboxylic acid groups (broad SMARTS) is 2. The van der Waals surface area contributed by atoms with Gasteiger partial charge in [0.05, 0.1) is 0 Å². The zero-order chi connectivity index (χ0) is 31.5. The van der Waals surface area contributed by atoms with E-state index in [1.54, 1.807) is 25.3 Å². The number of nitrogens with zero attached hydrogens (tertiary/aromatic N) is 3. The number of ether oxygens (including phenoxy) is 2. The van der Waals surface area contributed by atoms with Crippen LogP contribution in [0.25, 0.3) is 21.9 Å². The van der Waals surface area contributed by atoms with Gasteiger partial charge < -0.3 is 24.0 Å². The summed E-state index contributed by atoms with van der Waals surface area (Å²) < 4.78 is 17.4. The minimum Gasteiger partial charge on any atom is -1.00 e. The standard InChI is InChI=1S/C33H27N3O7SSe.HI/c1-42-22-11-13-27-24(17-22)34(16-15-31(37)38)30(45-27)18-29-36(20-32(39)40)33(41)26(44-29)12-14-28-35(19-21-7-3-2-4-8-21)23-9-5-6-10-25(23)43-28;/h2-14,17-18H,15-16,19-20H2,1H3,(H-,37,38,39,40);1H. The van der Waals surface area contributed by atoms with Crippen molar-refractivity contribution in [3.8, 4) is 11.5 Å². The van der Waals surface area contributed by atoms with Gasteiger partial charge in [-0.05, 0) is 0 Å². The van der Waals surface area contributed by atoms with E-state index in [2.05, 4.69) is 0 Å². The molecule has 5 aromatic rings. The van der Waals surface area contributed by atoms with E-state index in [4.69, 9.17) is 9.47 Å². The first-order valence-corrected chi connectivity index (χ1v) is 16.5. The Hall–Kier alpha value is -4.17. The van der Waals surface area contributed by atoms with Crippen molar-refractivity contribution in [3.63, 3.8) is 0 Å². The van der Waals surface area contributed by atoms with E-state index >= 15 is 0 Å². The number of para-hydroxylation sites is 2. The molecule has 6 rings (SSSR count). The Morgan fingerprint density at radius 1 is 1.02 bits per heavy atom. The molecule has 0 saturated carbocycles. The van der Waals surface area contributed by atoms with Crippen molar-refractivity contribution >= 4 is 65.4 Å². The second-order valence-corrected chi connectivity index (χ2v) is 13.4. The van der Waals surface area contributed by atoms with Crippen LogP contribution in [0.1, 0.15) is 16.6 Å². The van der Waals surface area contributed by atoms with Crippen LogP contribution < -0.4 is 57.7 Å². The van der Waals surface area contributed by atoms with E-state index in [0.29, 0.717) is 33.1 Å². The fourth-order valence-electron chi connectivity index (χ4n) is 5.05. The Kier molecular flexibility index (Phi) is 10.5. The average molecular weight is 817 g/mol. The number of methoxy groups -OCH3 is 1. The number of aryl methyl sites for hydroxylation is 1. The Bertz CT molecular complexity index is 2140. The molecule has 236 valence electrons. The molecule has 0 fully saturated rings. The molecule has 2 N–H and O–H groups in total. The summed E-state index contributed by atoms with van der Waals surface area (Å²) in [6.07, 6.45) is 5.11. The van der Waals surface area contributed by atoms with Crippen molar-refractivity contribution in [2.24, 2.45) is 0 Å². The summed E-state index contributed by atoms with van der Waals surface area (Å²) in [6, 6.07) is 23.3. The molecule has 1 aliphatic heterocycles. The zero-order valence-corrected chi connectivity index (χ0v) is 29.1. The molecule has 10 nitrogen and oxygen atoms in total. The third kappa shape index (κ3) is 7.12. The first kappa shape index (κ1) is 33.2. The molecule has 2 aromatic heterocycles. The maximum atomic E-state index is 13.6. The van der Waals surface area contributed by atoms with Crippen LogP contribution in [-0.2, 0) is 29.2 Å². The van der Waals surface area contributed by atoms with Crippen LogP contribution in [0.15, 0.2) is 89.6 Å². The molecule has 13 heteroatoms. The van der Waals surface area contributed by atoms with Crippen LogP contribution in [0.4, 0.5) is 5.69 Å². The van der Waals surface area contributed by atoms with Crippen LogP contribution >= 0.6 is 11.3 Å². The molecule has 1 aliphatic rings. The smallest absolute Gasteiger partial charge is 1.00 e. The van der Waals surface area contributed by atoms with Crippen molar-refractivity contribution in [1.82, 2.24) is 4.57 Å². The van der Waals surface area contributed by atoms with Crippen LogP contribution in [-0.4, -0.2) is 48.3 Å². The number of aromatic nitrogens is 2. The quantitative estimate of drug-likeness (QED) is 0.110. The summed E-state index contributed by atoms with van der Waals surface area (Å²) in [5.41, 5.74) is 2.40. The topological polar surface area (TPSA) is 122 Å². The zero-order valence-electron chi connectivity index (χ0n) is 24.5. The SMILES string of the molecule is COc1ccc2[se]c(C=c3sc(=CC=C4Oc5ccccc5N4Cc4ccccc4)c(=O)n3CC(=O)O)[n+](CCC(=O)O)c2c1.[I-]. The third-order valence-corrected chi connectivity index (χ3v) is 10.6. The van der Waals surface area contributed by atoms with E-state index in [1.165, 1.54) is 15.9 Å². The van der Waals surface area contributed by atoms with Gasteiger partial charge in [-0.25, -0.2) is 0 Å². The van der Waals surface area contributed by atoms with Gasteiger partial charge in [-0.15, -0.1) is 0 Å². The molecule has 0 unspecified atom stereocenters. The summed E-state index contributed by atoms with van der Waals surface area (Å²) >= 11 is 0.972. The Morgan fingerprint density at radius 3 is 2.52 bits per heavy atom. The number of aliphatic carboxylic acids is 2. The Labute approximate surface area is 290 Å². The Morgan fingerprint density at radius 2 is 1.78 bits per heavy atom. The van der Waals surface area contributed by atoms with Gasteiger partial charge in [-0.2, -0.15) is 0 Å². The molecule has 0 amide bonds. The number of hydrogen-bond donors (Lipinski definition) is 2. The first-order valence-electron chi connectivity index (χ1n) is 14.0. The van der Waals surface area contributed by atoms with Crippen LogP contribution in [0, 0.1) is 0 Å². The number of allylic oxidation sites excluding steroid dienone is 1. The molecule has 3 aromatic carbocycles. The first-order chi connectivity index (χ1) is 21.8. The van der Waals surface area contributed by atoms with Gasteiger partial charge in [-0.3, -0.25) is 0 Å². The van der Waals surface area contributed by atoms with Crippen molar-refractivity contribution in [3.05, 3.63) is 114 Å². The molecule has 0 spiro atoms. The van der Waals surface area contributed by atoms with E-state index in [-0.39, 0.29) is 51.4 Å². The molecule has 0 bridgehead atoms. The number of carbonyl (C=O) groups is 2. The van der Waals surface area contributed by atoms with Crippen LogP contribution in [0.3, 0.4) is 0 Å². The number of halogens is 1. The fourth-order valence-corrected chi connectivity index (χ4v) is 8.53. The van der Waals surface area contributed by atoms with Gasteiger partial charge in [-0.1, -0.05) is 18.2 Å².